The standard InChI is InChI=1S/C23H40N4O6/c1-5-8-9-10-20(29)31-11-12-32-22(30)16-13-18(27-23(24)25)21(26-15(4)28)19(14-16)33-17(6-2)7-3/h14,17-19,21H,5-13H2,1-4H3,(H,26,28)(H4,24,25,27). The lowest BCUT2D eigenvalue weighted by Crippen LogP contribution is -2.54. The monoisotopic (exact) mass is 468 g/mol. The summed E-state index contributed by atoms with van der Waals surface area (Å²) in [5, 5.41) is 2.85. The van der Waals surface area contributed by atoms with E-state index < -0.39 is 24.2 Å². The van der Waals surface area contributed by atoms with Gasteiger partial charge in [0.1, 0.15) is 13.2 Å². The average Bonchev–Trinajstić information content (AvgIpc) is 2.76. The van der Waals surface area contributed by atoms with Crippen LogP contribution in [0.1, 0.15) is 72.6 Å². The fourth-order valence-corrected chi connectivity index (χ4v) is 3.62. The van der Waals surface area contributed by atoms with Gasteiger partial charge < -0.3 is 31.0 Å². The molecule has 33 heavy (non-hydrogen) atoms. The van der Waals surface area contributed by atoms with Crippen LogP contribution >= 0.6 is 0 Å². The van der Waals surface area contributed by atoms with Crippen molar-refractivity contribution in [2.24, 2.45) is 16.5 Å². The van der Waals surface area contributed by atoms with E-state index in [0.29, 0.717) is 12.0 Å². The maximum Gasteiger partial charge on any atom is 0.333 e. The molecule has 0 heterocycles. The Hall–Kier alpha value is -2.62. The Labute approximate surface area is 196 Å². The highest BCUT2D eigenvalue weighted by Gasteiger charge is 2.38. The molecule has 0 aromatic rings. The maximum absolute atomic E-state index is 12.7. The molecule has 0 saturated heterocycles. The van der Waals surface area contributed by atoms with E-state index in [1.807, 2.05) is 13.8 Å². The van der Waals surface area contributed by atoms with Gasteiger partial charge in [-0.05, 0) is 25.3 Å². The molecule has 0 fully saturated rings. The topological polar surface area (TPSA) is 155 Å². The normalized spacial score (nSPS) is 20.0. The second-order valence-electron chi connectivity index (χ2n) is 8.10. The summed E-state index contributed by atoms with van der Waals surface area (Å²) >= 11 is 0. The van der Waals surface area contributed by atoms with Crippen molar-refractivity contribution in [1.29, 1.82) is 0 Å². The predicted octanol–water partition coefficient (Wildman–Crippen LogP) is 1.70. The Morgan fingerprint density at radius 2 is 1.79 bits per heavy atom. The minimum Gasteiger partial charge on any atom is -0.462 e. The molecule has 1 aliphatic carbocycles. The number of nitrogens with two attached hydrogens (primary N) is 2. The van der Waals surface area contributed by atoms with Crippen LogP contribution in [-0.4, -0.2) is 61.3 Å². The van der Waals surface area contributed by atoms with Gasteiger partial charge in [0, 0.05) is 25.3 Å². The summed E-state index contributed by atoms with van der Waals surface area (Å²) < 4.78 is 16.6. The second kappa shape index (κ2) is 15.3. The number of guanidine groups is 1. The smallest absolute Gasteiger partial charge is 0.333 e. The van der Waals surface area contributed by atoms with Gasteiger partial charge in [-0.3, -0.25) is 9.59 Å². The number of carbonyl (C=O) groups is 3. The molecule has 10 nitrogen and oxygen atoms in total. The van der Waals surface area contributed by atoms with E-state index in [2.05, 4.69) is 17.2 Å². The highest BCUT2D eigenvalue weighted by molar-refractivity contribution is 5.89. The number of ether oxygens (including phenoxy) is 3. The van der Waals surface area contributed by atoms with Crippen LogP contribution in [0.4, 0.5) is 0 Å². The minimum absolute atomic E-state index is 0.0104. The molecule has 10 heteroatoms. The first kappa shape index (κ1) is 28.4. The van der Waals surface area contributed by atoms with Crippen LogP contribution in [0.15, 0.2) is 16.6 Å². The molecule has 0 aromatic heterocycles. The summed E-state index contributed by atoms with van der Waals surface area (Å²) in [4.78, 5) is 40.4. The third kappa shape index (κ3) is 10.7. The first-order valence-electron chi connectivity index (χ1n) is 11.8. The summed E-state index contributed by atoms with van der Waals surface area (Å²) in [6, 6.07) is -1.13. The van der Waals surface area contributed by atoms with Crippen LogP contribution in [0.3, 0.4) is 0 Å². The van der Waals surface area contributed by atoms with Crippen molar-refractivity contribution in [3.63, 3.8) is 0 Å². The quantitative estimate of drug-likeness (QED) is 0.151. The first-order chi connectivity index (χ1) is 15.7. The fraction of sp³-hybridized carbons (Fsp3) is 0.739. The number of esters is 2. The van der Waals surface area contributed by atoms with E-state index in [0.717, 1.165) is 32.1 Å². The number of nitrogens with one attached hydrogen (secondary N) is 1. The van der Waals surface area contributed by atoms with Crippen molar-refractivity contribution in [3.05, 3.63) is 11.6 Å². The molecule has 1 aliphatic rings. The number of carbonyl (C=O) groups excluding carboxylic acids is 3. The molecule has 0 radical (unpaired) electrons. The molecule has 0 saturated carbocycles. The van der Waals surface area contributed by atoms with Crippen LogP contribution < -0.4 is 16.8 Å². The Morgan fingerprint density at radius 1 is 1.12 bits per heavy atom. The third-order valence-electron chi connectivity index (χ3n) is 5.33. The van der Waals surface area contributed by atoms with Crippen molar-refractivity contribution in [2.75, 3.05) is 13.2 Å². The average molecular weight is 469 g/mol. The van der Waals surface area contributed by atoms with Gasteiger partial charge >= 0.3 is 11.9 Å². The summed E-state index contributed by atoms with van der Waals surface area (Å²) in [5.41, 5.74) is 11.5. The number of amides is 1. The zero-order valence-electron chi connectivity index (χ0n) is 20.3. The second-order valence-corrected chi connectivity index (χ2v) is 8.10. The van der Waals surface area contributed by atoms with Crippen molar-refractivity contribution < 1.29 is 28.6 Å². The molecule has 3 atom stereocenters. The first-order valence-corrected chi connectivity index (χ1v) is 11.8. The molecule has 0 spiro atoms. The Bertz CT molecular complexity index is 701. The van der Waals surface area contributed by atoms with Crippen molar-refractivity contribution in [1.82, 2.24) is 5.32 Å². The van der Waals surface area contributed by atoms with Crippen molar-refractivity contribution >= 4 is 23.8 Å². The largest absolute Gasteiger partial charge is 0.462 e. The lowest BCUT2D eigenvalue weighted by Gasteiger charge is -2.36. The summed E-state index contributed by atoms with van der Waals surface area (Å²) in [6.45, 7) is 7.39. The summed E-state index contributed by atoms with van der Waals surface area (Å²) in [5.74, 6) is -1.27. The molecule has 188 valence electrons. The van der Waals surface area contributed by atoms with Gasteiger partial charge in [0.05, 0.1) is 24.3 Å². The predicted molar refractivity (Wildman–Crippen MR) is 125 cm³/mol. The minimum atomic E-state index is -0.611. The highest BCUT2D eigenvalue weighted by Crippen LogP contribution is 2.27. The van der Waals surface area contributed by atoms with Crippen LogP contribution in [0.5, 0.6) is 0 Å². The molecule has 3 unspecified atom stereocenters. The van der Waals surface area contributed by atoms with E-state index in [9.17, 15) is 14.4 Å². The number of rotatable bonds is 14. The zero-order chi connectivity index (χ0) is 24.8. The van der Waals surface area contributed by atoms with Gasteiger partial charge in [0.2, 0.25) is 5.91 Å². The Morgan fingerprint density at radius 3 is 2.36 bits per heavy atom. The highest BCUT2D eigenvalue weighted by atomic mass is 16.6. The van der Waals surface area contributed by atoms with Crippen LogP contribution in [0, 0.1) is 0 Å². The van der Waals surface area contributed by atoms with Crippen molar-refractivity contribution in [3.8, 4) is 0 Å². The van der Waals surface area contributed by atoms with Crippen LogP contribution in [0.25, 0.3) is 0 Å². The molecule has 0 aromatic carbocycles. The SMILES string of the molecule is CCCCCC(=O)OCCOC(=O)C1=CC(OC(CC)CC)C(NC(C)=O)C(N=C(N)N)C1. The van der Waals surface area contributed by atoms with Gasteiger partial charge in [-0.2, -0.15) is 0 Å². The summed E-state index contributed by atoms with van der Waals surface area (Å²) in [7, 11) is 0. The van der Waals surface area contributed by atoms with Gasteiger partial charge in [-0.25, -0.2) is 9.79 Å². The number of nitrogens with zero attached hydrogens (tertiary/aromatic N) is 1. The molecule has 0 aliphatic heterocycles. The van der Waals surface area contributed by atoms with Gasteiger partial charge in [0.15, 0.2) is 5.96 Å². The van der Waals surface area contributed by atoms with E-state index in [-0.39, 0.29) is 43.6 Å². The Balaban J connectivity index is 2.87. The van der Waals surface area contributed by atoms with Crippen LogP contribution in [-0.2, 0) is 28.6 Å². The molecular weight excluding hydrogens is 428 g/mol. The van der Waals surface area contributed by atoms with E-state index in [1.165, 1.54) is 6.92 Å². The Kier molecular flexibility index (Phi) is 13.1. The number of hydrogen-bond donors (Lipinski definition) is 3. The van der Waals surface area contributed by atoms with Gasteiger partial charge in [0.25, 0.3) is 0 Å². The number of unbranched alkanes of at least 4 members (excludes halogenated alkanes) is 2. The lowest BCUT2D eigenvalue weighted by atomic mass is 9.88. The molecule has 0 bridgehead atoms. The molecule has 5 N–H and O–H groups in total. The lowest BCUT2D eigenvalue weighted by molar-refractivity contribution is -0.150. The third-order valence-corrected chi connectivity index (χ3v) is 5.33. The van der Waals surface area contributed by atoms with Crippen molar-refractivity contribution in [2.45, 2.75) is 96.9 Å². The zero-order valence-corrected chi connectivity index (χ0v) is 20.3. The fourth-order valence-electron chi connectivity index (χ4n) is 3.62. The number of hydrogen-bond acceptors (Lipinski definition) is 7. The van der Waals surface area contributed by atoms with Gasteiger partial charge in [-0.1, -0.05) is 33.6 Å². The number of aliphatic imine (C=N–C) groups is 1. The van der Waals surface area contributed by atoms with E-state index >= 15 is 0 Å². The molecule has 1 amide bonds. The molecule has 1 rings (SSSR count). The summed E-state index contributed by atoms with van der Waals surface area (Å²) in [6.07, 6.45) is 5.81. The molecular formula is C23H40N4O6. The maximum atomic E-state index is 12.7. The van der Waals surface area contributed by atoms with E-state index in [1.54, 1.807) is 6.08 Å². The van der Waals surface area contributed by atoms with Crippen LogP contribution in [0.2, 0.25) is 0 Å². The van der Waals surface area contributed by atoms with E-state index in [4.69, 9.17) is 25.7 Å². The van der Waals surface area contributed by atoms with Gasteiger partial charge in [-0.15, -0.1) is 0 Å².